The summed E-state index contributed by atoms with van der Waals surface area (Å²) in [7, 11) is 0. The predicted octanol–water partition coefficient (Wildman–Crippen LogP) is 1.48. The molecule has 3 rings (SSSR count). The topological polar surface area (TPSA) is 112 Å². The number of aryl methyl sites for hydroxylation is 2. The Kier molecular flexibility index (Phi) is 6.56. The Hall–Kier alpha value is -3.14. The summed E-state index contributed by atoms with van der Waals surface area (Å²) in [5.41, 5.74) is 1.70. The third-order valence-electron chi connectivity index (χ3n) is 4.45. The third-order valence-corrected chi connectivity index (χ3v) is 5.55. The van der Waals surface area contributed by atoms with E-state index < -0.39 is 0 Å². The fourth-order valence-corrected chi connectivity index (χ4v) is 3.77. The molecule has 158 valence electrons. The first-order chi connectivity index (χ1) is 14.2. The first-order valence-electron chi connectivity index (χ1n) is 9.60. The lowest BCUT2D eigenvalue weighted by Gasteiger charge is -2.10. The molecule has 1 amide bonds. The summed E-state index contributed by atoms with van der Waals surface area (Å²) in [5.74, 6) is -0.199. The molecule has 0 fully saturated rings. The van der Waals surface area contributed by atoms with Gasteiger partial charge in [0.05, 0.1) is 34.1 Å². The van der Waals surface area contributed by atoms with Gasteiger partial charge in [-0.1, -0.05) is 13.8 Å². The molecule has 3 aromatic rings. The van der Waals surface area contributed by atoms with Crippen LogP contribution in [0.2, 0.25) is 0 Å². The van der Waals surface area contributed by atoms with E-state index in [9.17, 15) is 14.4 Å². The lowest BCUT2D eigenvalue weighted by Crippen LogP contribution is -2.36. The van der Waals surface area contributed by atoms with Gasteiger partial charge in [-0.2, -0.15) is 5.10 Å². The van der Waals surface area contributed by atoms with Crippen LogP contribution in [0.15, 0.2) is 34.1 Å². The normalized spacial score (nSPS) is 11.1. The molecule has 1 N–H and O–H groups in total. The molecule has 9 nitrogen and oxygen atoms in total. The third kappa shape index (κ3) is 5.07. The van der Waals surface area contributed by atoms with Gasteiger partial charge >= 0.3 is 0 Å². The number of aromatic nitrogens is 5. The van der Waals surface area contributed by atoms with Crippen LogP contribution in [0.4, 0.5) is 0 Å². The standard InChI is InChI=1S/C20H24N6O3S/c1-12(2)16-9-19(29)25(11-22-16)10-17(27)21-7-8-26-18(28)6-5-15(24-26)20-13(3)23-14(4)30-20/h5-6,9,11-12H,7-8,10H2,1-4H3,(H,21,27). The van der Waals surface area contributed by atoms with Gasteiger partial charge in [-0.15, -0.1) is 11.3 Å². The average molecular weight is 429 g/mol. The maximum absolute atomic E-state index is 12.2. The first-order valence-corrected chi connectivity index (χ1v) is 10.4. The van der Waals surface area contributed by atoms with Crippen molar-refractivity contribution in [2.75, 3.05) is 6.54 Å². The highest BCUT2D eigenvalue weighted by atomic mass is 32.1. The van der Waals surface area contributed by atoms with Crippen LogP contribution in [0.1, 0.15) is 36.2 Å². The Balaban J connectivity index is 1.62. The second kappa shape index (κ2) is 9.12. The minimum absolute atomic E-state index is 0.133. The van der Waals surface area contributed by atoms with E-state index in [2.05, 4.69) is 20.4 Å². The molecular formula is C20H24N6O3S. The fourth-order valence-electron chi connectivity index (χ4n) is 2.89. The quantitative estimate of drug-likeness (QED) is 0.610. The van der Waals surface area contributed by atoms with Crippen molar-refractivity contribution in [1.82, 2.24) is 29.6 Å². The summed E-state index contributed by atoms with van der Waals surface area (Å²) < 4.78 is 2.57. The zero-order chi connectivity index (χ0) is 21.8. The summed E-state index contributed by atoms with van der Waals surface area (Å²) in [6, 6.07) is 4.58. The van der Waals surface area contributed by atoms with Gasteiger partial charge in [0, 0.05) is 18.7 Å². The van der Waals surface area contributed by atoms with Crippen LogP contribution in [0.3, 0.4) is 0 Å². The van der Waals surface area contributed by atoms with Gasteiger partial charge < -0.3 is 5.32 Å². The number of carbonyl (C=O) groups is 1. The van der Waals surface area contributed by atoms with Gasteiger partial charge in [-0.3, -0.25) is 19.0 Å². The lowest BCUT2D eigenvalue weighted by atomic mass is 10.1. The Bertz CT molecular complexity index is 1180. The van der Waals surface area contributed by atoms with Crippen LogP contribution in [0.5, 0.6) is 0 Å². The van der Waals surface area contributed by atoms with Gasteiger partial charge in [0.25, 0.3) is 11.1 Å². The van der Waals surface area contributed by atoms with Crippen molar-refractivity contribution in [3.05, 3.63) is 61.6 Å². The van der Waals surface area contributed by atoms with Gasteiger partial charge in [-0.25, -0.2) is 14.6 Å². The van der Waals surface area contributed by atoms with E-state index >= 15 is 0 Å². The number of nitrogens with zero attached hydrogens (tertiary/aromatic N) is 5. The van der Waals surface area contributed by atoms with Crippen LogP contribution in [0.25, 0.3) is 10.6 Å². The van der Waals surface area contributed by atoms with Gasteiger partial charge in [0.1, 0.15) is 12.2 Å². The molecule has 0 bridgehead atoms. The summed E-state index contributed by atoms with van der Waals surface area (Å²) in [6.07, 6.45) is 1.38. The number of hydrogen-bond acceptors (Lipinski definition) is 7. The molecule has 3 aromatic heterocycles. The monoisotopic (exact) mass is 428 g/mol. The molecule has 0 aliphatic heterocycles. The first kappa shape index (κ1) is 21.6. The van der Waals surface area contributed by atoms with E-state index in [0.717, 1.165) is 15.6 Å². The average Bonchev–Trinajstić information content (AvgIpc) is 3.03. The molecule has 0 saturated heterocycles. The smallest absolute Gasteiger partial charge is 0.266 e. The molecule has 0 radical (unpaired) electrons. The highest BCUT2D eigenvalue weighted by molar-refractivity contribution is 7.15. The molecule has 0 spiro atoms. The molecule has 0 atom stereocenters. The number of hydrogen-bond donors (Lipinski definition) is 1. The zero-order valence-corrected chi connectivity index (χ0v) is 18.2. The summed E-state index contributed by atoms with van der Waals surface area (Å²) >= 11 is 1.52. The Morgan fingerprint density at radius 3 is 2.60 bits per heavy atom. The van der Waals surface area contributed by atoms with E-state index in [-0.39, 0.29) is 42.6 Å². The number of carbonyl (C=O) groups excluding carboxylic acids is 1. The largest absolute Gasteiger partial charge is 0.353 e. The van der Waals surface area contributed by atoms with Crippen LogP contribution in [-0.4, -0.2) is 36.8 Å². The van der Waals surface area contributed by atoms with Crippen LogP contribution in [0, 0.1) is 13.8 Å². The maximum Gasteiger partial charge on any atom is 0.266 e. The van der Waals surface area contributed by atoms with Gasteiger partial charge in [-0.05, 0) is 25.8 Å². The fraction of sp³-hybridized carbons (Fsp3) is 0.400. The van der Waals surface area contributed by atoms with E-state index in [1.807, 2.05) is 27.7 Å². The molecule has 0 unspecified atom stereocenters. The predicted molar refractivity (Wildman–Crippen MR) is 115 cm³/mol. The van der Waals surface area contributed by atoms with Crippen molar-refractivity contribution in [3.63, 3.8) is 0 Å². The molecule has 0 aliphatic carbocycles. The summed E-state index contributed by atoms with van der Waals surface area (Å²) in [4.78, 5) is 45.9. The van der Waals surface area contributed by atoms with Gasteiger partial charge in [0.2, 0.25) is 5.91 Å². The Labute approximate surface area is 177 Å². The summed E-state index contributed by atoms with van der Waals surface area (Å²) in [5, 5.41) is 8.04. The highest BCUT2D eigenvalue weighted by Crippen LogP contribution is 2.27. The zero-order valence-electron chi connectivity index (χ0n) is 17.4. The SMILES string of the molecule is Cc1nc(C)c(-c2ccc(=O)n(CCNC(=O)Cn3cnc(C(C)C)cc3=O)n2)s1. The van der Waals surface area contributed by atoms with E-state index in [4.69, 9.17) is 0 Å². The van der Waals surface area contributed by atoms with E-state index in [1.165, 1.54) is 39.0 Å². The Morgan fingerprint density at radius 2 is 1.97 bits per heavy atom. The molecule has 0 aromatic carbocycles. The van der Waals surface area contributed by atoms with Crippen molar-refractivity contribution in [2.45, 2.75) is 46.7 Å². The van der Waals surface area contributed by atoms with Crippen molar-refractivity contribution in [2.24, 2.45) is 0 Å². The molecule has 30 heavy (non-hydrogen) atoms. The second-order valence-corrected chi connectivity index (χ2v) is 8.42. The number of nitrogens with one attached hydrogen (secondary N) is 1. The van der Waals surface area contributed by atoms with Crippen LogP contribution < -0.4 is 16.4 Å². The van der Waals surface area contributed by atoms with Crippen molar-refractivity contribution < 1.29 is 4.79 Å². The molecular weight excluding hydrogens is 404 g/mol. The maximum atomic E-state index is 12.2. The number of rotatable bonds is 7. The van der Waals surface area contributed by atoms with E-state index in [1.54, 1.807) is 6.07 Å². The molecule has 3 heterocycles. The van der Waals surface area contributed by atoms with Crippen molar-refractivity contribution in [1.29, 1.82) is 0 Å². The molecule has 10 heteroatoms. The second-order valence-electron chi connectivity index (χ2n) is 7.21. The molecule has 0 aliphatic rings. The minimum Gasteiger partial charge on any atom is -0.353 e. The number of amides is 1. The van der Waals surface area contributed by atoms with Crippen LogP contribution in [-0.2, 0) is 17.9 Å². The number of thiazole rings is 1. The minimum atomic E-state index is -0.339. The molecule has 0 saturated carbocycles. The van der Waals surface area contributed by atoms with E-state index in [0.29, 0.717) is 11.4 Å². The lowest BCUT2D eigenvalue weighted by molar-refractivity contribution is -0.121. The van der Waals surface area contributed by atoms with Crippen molar-refractivity contribution >= 4 is 17.2 Å². The Morgan fingerprint density at radius 1 is 1.20 bits per heavy atom. The van der Waals surface area contributed by atoms with Gasteiger partial charge in [0.15, 0.2) is 0 Å². The van der Waals surface area contributed by atoms with Crippen molar-refractivity contribution in [3.8, 4) is 10.6 Å². The highest BCUT2D eigenvalue weighted by Gasteiger charge is 2.11. The van der Waals surface area contributed by atoms with Crippen LogP contribution >= 0.6 is 11.3 Å². The summed E-state index contributed by atoms with van der Waals surface area (Å²) in [6.45, 7) is 8.01.